The van der Waals surface area contributed by atoms with Crippen LogP contribution in [0.2, 0.25) is 5.02 Å². The standard InChI is InChI=1S/C20H21ClN4O2/c1-24-6-5-16-18(24)17(20(26)25-7-9-27-10-8-25)13-23-19(16)22-12-14-3-2-4-15(21)11-14/h2-6,11,13H,7-10,12H2,1H3,(H,22,23). The van der Waals surface area contributed by atoms with E-state index >= 15 is 0 Å². The van der Waals surface area contributed by atoms with Crippen molar-refractivity contribution < 1.29 is 9.53 Å². The number of nitrogens with zero attached hydrogens (tertiary/aromatic N) is 3. The fourth-order valence-electron chi connectivity index (χ4n) is 3.38. The summed E-state index contributed by atoms with van der Waals surface area (Å²) in [5.74, 6) is 0.753. The van der Waals surface area contributed by atoms with Crippen molar-refractivity contribution >= 4 is 34.2 Å². The SMILES string of the molecule is Cn1ccc2c(NCc3cccc(Cl)c3)ncc(C(=O)N3CCOCC3)c21. The summed E-state index contributed by atoms with van der Waals surface area (Å²) in [5, 5.41) is 5.00. The molecule has 1 fully saturated rings. The van der Waals surface area contributed by atoms with Crippen LogP contribution in [0.3, 0.4) is 0 Å². The second-order valence-corrected chi connectivity index (χ2v) is 7.03. The zero-order valence-corrected chi connectivity index (χ0v) is 15.9. The molecule has 1 aromatic carbocycles. The molecule has 0 atom stereocenters. The maximum Gasteiger partial charge on any atom is 0.257 e. The predicted molar refractivity (Wildman–Crippen MR) is 106 cm³/mol. The van der Waals surface area contributed by atoms with Gasteiger partial charge in [0.1, 0.15) is 5.82 Å². The van der Waals surface area contributed by atoms with Crippen molar-refractivity contribution in [3.8, 4) is 0 Å². The minimum absolute atomic E-state index is 0.000934. The van der Waals surface area contributed by atoms with Crippen molar-refractivity contribution in [1.82, 2.24) is 14.5 Å². The number of aromatic nitrogens is 2. The summed E-state index contributed by atoms with van der Waals surface area (Å²) in [6.07, 6.45) is 3.62. The molecule has 27 heavy (non-hydrogen) atoms. The van der Waals surface area contributed by atoms with Gasteiger partial charge in [-0.15, -0.1) is 0 Å². The van der Waals surface area contributed by atoms with Crippen LogP contribution < -0.4 is 5.32 Å². The lowest BCUT2D eigenvalue weighted by Gasteiger charge is -2.27. The summed E-state index contributed by atoms with van der Waals surface area (Å²) < 4.78 is 7.32. The first-order chi connectivity index (χ1) is 13.1. The zero-order chi connectivity index (χ0) is 18.8. The number of morpholine rings is 1. The highest BCUT2D eigenvalue weighted by Gasteiger charge is 2.23. The number of rotatable bonds is 4. The van der Waals surface area contributed by atoms with Crippen LogP contribution in [-0.2, 0) is 18.3 Å². The zero-order valence-electron chi connectivity index (χ0n) is 15.1. The van der Waals surface area contributed by atoms with Gasteiger partial charge in [0.2, 0.25) is 0 Å². The fourth-order valence-corrected chi connectivity index (χ4v) is 3.60. The predicted octanol–water partition coefficient (Wildman–Crippen LogP) is 3.31. The summed E-state index contributed by atoms with van der Waals surface area (Å²) in [6.45, 7) is 2.98. The Kier molecular flexibility index (Phi) is 5.01. The number of fused-ring (bicyclic) bond motifs is 1. The van der Waals surface area contributed by atoms with Gasteiger partial charge in [0, 0.05) is 49.5 Å². The number of nitrogens with one attached hydrogen (secondary N) is 1. The van der Waals surface area contributed by atoms with Crippen LogP contribution in [0.15, 0.2) is 42.7 Å². The van der Waals surface area contributed by atoms with E-state index in [0.717, 1.165) is 22.3 Å². The third-order valence-corrected chi connectivity index (χ3v) is 5.02. The van der Waals surface area contributed by atoms with Crippen molar-refractivity contribution in [3.05, 3.63) is 58.9 Å². The Bertz CT molecular complexity index is 979. The third-order valence-electron chi connectivity index (χ3n) is 4.78. The maximum absolute atomic E-state index is 13.0. The Morgan fingerprint density at radius 3 is 2.89 bits per heavy atom. The summed E-state index contributed by atoms with van der Waals surface area (Å²) >= 11 is 6.06. The molecule has 6 nitrogen and oxygen atoms in total. The van der Waals surface area contributed by atoms with Gasteiger partial charge in [0.25, 0.3) is 5.91 Å². The lowest BCUT2D eigenvalue weighted by molar-refractivity contribution is 0.0303. The molecule has 7 heteroatoms. The molecule has 0 saturated carbocycles. The molecular weight excluding hydrogens is 364 g/mol. The molecule has 1 saturated heterocycles. The molecule has 1 amide bonds. The van der Waals surface area contributed by atoms with Gasteiger partial charge in [-0.1, -0.05) is 23.7 Å². The van der Waals surface area contributed by atoms with E-state index in [1.807, 2.05) is 53.0 Å². The lowest BCUT2D eigenvalue weighted by atomic mass is 10.1. The first-order valence-electron chi connectivity index (χ1n) is 8.93. The van der Waals surface area contributed by atoms with Gasteiger partial charge in [-0.3, -0.25) is 4.79 Å². The van der Waals surface area contributed by atoms with Gasteiger partial charge in [0.15, 0.2) is 0 Å². The third kappa shape index (κ3) is 3.63. The van der Waals surface area contributed by atoms with Crippen molar-refractivity contribution in [2.45, 2.75) is 6.54 Å². The lowest BCUT2D eigenvalue weighted by Crippen LogP contribution is -2.40. The second kappa shape index (κ2) is 7.58. The number of anilines is 1. The van der Waals surface area contributed by atoms with Gasteiger partial charge < -0.3 is 19.5 Å². The van der Waals surface area contributed by atoms with Crippen LogP contribution >= 0.6 is 11.6 Å². The van der Waals surface area contributed by atoms with Gasteiger partial charge in [0.05, 0.1) is 24.3 Å². The minimum atomic E-state index is -0.000934. The van der Waals surface area contributed by atoms with E-state index in [4.69, 9.17) is 16.3 Å². The van der Waals surface area contributed by atoms with Crippen LogP contribution in [-0.4, -0.2) is 46.7 Å². The average Bonchev–Trinajstić information content (AvgIpc) is 3.08. The summed E-state index contributed by atoms with van der Waals surface area (Å²) in [5.41, 5.74) is 2.57. The van der Waals surface area contributed by atoms with Crippen LogP contribution in [0.4, 0.5) is 5.82 Å². The quantitative estimate of drug-likeness (QED) is 0.749. The molecule has 0 spiro atoms. The van der Waals surface area contributed by atoms with Crippen molar-refractivity contribution in [2.24, 2.45) is 7.05 Å². The normalized spacial score (nSPS) is 14.5. The molecule has 3 heterocycles. The average molecular weight is 385 g/mol. The largest absolute Gasteiger partial charge is 0.378 e. The van der Waals surface area contributed by atoms with E-state index in [-0.39, 0.29) is 5.91 Å². The molecule has 2 aromatic heterocycles. The van der Waals surface area contributed by atoms with E-state index in [1.54, 1.807) is 6.20 Å². The summed E-state index contributed by atoms with van der Waals surface area (Å²) in [6, 6.07) is 9.70. The monoisotopic (exact) mass is 384 g/mol. The first kappa shape index (κ1) is 17.8. The minimum Gasteiger partial charge on any atom is -0.378 e. The highest BCUT2D eigenvalue weighted by molar-refractivity contribution is 6.30. The Morgan fingerprint density at radius 2 is 2.11 bits per heavy atom. The van der Waals surface area contributed by atoms with Gasteiger partial charge >= 0.3 is 0 Å². The number of benzene rings is 1. The molecule has 0 bridgehead atoms. The molecule has 1 aliphatic heterocycles. The van der Waals surface area contributed by atoms with Crippen LogP contribution in [0.5, 0.6) is 0 Å². The highest BCUT2D eigenvalue weighted by Crippen LogP contribution is 2.27. The van der Waals surface area contributed by atoms with E-state index in [0.29, 0.717) is 43.4 Å². The van der Waals surface area contributed by atoms with Gasteiger partial charge in [-0.05, 0) is 23.8 Å². The van der Waals surface area contributed by atoms with E-state index in [2.05, 4.69) is 10.3 Å². The smallest absolute Gasteiger partial charge is 0.257 e. The molecule has 140 valence electrons. The number of pyridine rings is 1. The van der Waals surface area contributed by atoms with Gasteiger partial charge in [-0.25, -0.2) is 4.98 Å². The summed E-state index contributed by atoms with van der Waals surface area (Å²) in [7, 11) is 1.94. The Labute approximate surface area is 162 Å². The van der Waals surface area contributed by atoms with E-state index < -0.39 is 0 Å². The van der Waals surface area contributed by atoms with E-state index in [9.17, 15) is 4.79 Å². The topological polar surface area (TPSA) is 59.4 Å². The van der Waals surface area contributed by atoms with Crippen molar-refractivity contribution in [1.29, 1.82) is 0 Å². The Morgan fingerprint density at radius 1 is 1.30 bits per heavy atom. The first-order valence-corrected chi connectivity index (χ1v) is 9.30. The molecule has 0 aliphatic carbocycles. The molecule has 0 radical (unpaired) electrons. The van der Waals surface area contributed by atoms with Crippen molar-refractivity contribution in [3.63, 3.8) is 0 Å². The molecule has 3 aromatic rings. The van der Waals surface area contributed by atoms with Crippen LogP contribution in [0.25, 0.3) is 10.9 Å². The number of carbonyl (C=O) groups excluding carboxylic acids is 1. The Balaban J connectivity index is 1.63. The van der Waals surface area contributed by atoms with Crippen molar-refractivity contribution in [2.75, 3.05) is 31.6 Å². The molecule has 1 aliphatic rings. The molecule has 0 unspecified atom stereocenters. The molecule has 4 rings (SSSR count). The molecule has 1 N–H and O–H groups in total. The number of carbonyl (C=O) groups is 1. The van der Waals surface area contributed by atoms with Crippen LogP contribution in [0.1, 0.15) is 15.9 Å². The number of ether oxygens (including phenoxy) is 1. The van der Waals surface area contributed by atoms with E-state index in [1.165, 1.54) is 0 Å². The fraction of sp³-hybridized carbons (Fsp3) is 0.300. The number of hydrogen-bond acceptors (Lipinski definition) is 4. The Hall–Kier alpha value is -2.57. The molecular formula is C20H21ClN4O2. The number of halogens is 1. The number of aryl methyl sites for hydroxylation is 1. The summed E-state index contributed by atoms with van der Waals surface area (Å²) in [4.78, 5) is 19.3. The highest BCUT2D eigenvalue weighted by atomic mass is 35.5. The van der Waals surface area contributed by atoms with Gasteiger partial charge in [-0.2, -0.15) is 0 Å². The maximum atomic E-state index is 13.0. The van der Waals surface area contributed by atoms with Crippen LogP contribution in [0, 0.1) is 0 Å². The number of amides is 1. The number of hydrogen-bond donors (Lipinski definition) is 1. The second-order valence-electron chi connectivity index (χ2n) is 6.60.